The van der Waals surface area contributed by atoms with Gasteiger partial charge in [-0.3, -0.25) is 9.59 Å². The van der Waals surface area contributed by atoms with E-state index in [1.807, 2.05) is 33.0 Å². The normalized spacial score (nSPS) is 16.3. The molecule has 7 heteroatoms. The Balaban J connectivity index is 1.75. The van der Waals surface area contributed by atoms with Gasteiger partial charge in [-0.25, -0.2) is 0 Å². The summed E-state index contributed by atoms with van der Waals surface area (Å²) >= 11 is 0. The molecular formula is C19H32N4O3+2. The summed E-state index contributed by atoms with van der Waals surface area (Å²) in [6.07, 6.45) is 0. The fourth-order valence-electron chi connectivity index (χ4n) is 3.02. The molecule has 2 rings (SSSR count). The van der Waals surface area contributed by atoms with E-state index in [2.05, 4.69) is 22.8 Å². The van der Waals surface area contributed by atoms with Crippen molar-refractivity contribution in [2.45, 2.75) is 26.4 Å². The summed E-state index contributed by atoms with van der Waals surface area (Å²) in [6.45, 7) is 9.10. The molecular weight excluding hydrogens is 332 g/mol. The smallest absolute Gasteiger partial charge is 0.279 e. The first-order valence-corrected chi connectivity index (χ1v) is 9.33. The minimum Gasteiger partial charge on any atom is -0.370 e. The third kappa shape index (κ3) is 7.51. The van der Waals surface area contributed by atoms with Crippen LogP contribution in [-0.2, 0) is 20.9 Å². The van der Waals surface area contributed by atoms with Crippen molar-refractivity contribution >= 4 is 17.5 Å². The average Bonchev–Trinajstić information content (AvgIpc) is 2.56. The Kier molecular flexibility index (Phi) is 8.03. The number of carbonyl (C=O) groups is 2. The summed E-state index contributed by atoms with van der Waals surface area (Å²) in [5.74, 6) is -0.133. The number of morpholine rings is 1. The van der Waals surface area contributed by atoms with Crippen LogP contribution in [0.3, 0.4) is 0 Å². The van der Waals surface area contributed by atoms with Gasteiger partial charge in [0.1, 0.15) is 19.6 Å². The molecule has 1 aromatic rings. The summed E-state index contributed by atoms with van der Waals surface area (Å²) in [6, 6.07) is 8.11. The SMILES string of the molecule is CC(C)NC(=O)C[NH+](C)CC(=O)Nc1ccc(C[NH+]2CCOCC2)cc1. The summed E-state index contributed by atoms with van der Waals surface area (Å²) < 4.78 is 5.38. The number of nitrogens with one attached hydrogen (secondary N) is 4. The topological polar surface area (TPSA) is 76.3 Å². The summed E-state index contributed by atoms with van der Waals surface area (Å²) in [5.41, 5.74) is 2.04. The molecule has 0 saturated carbocycles. The first kappa shape index (κ1) is 20.4. The molecule has 0 aliphatic carbocycles. The maximum absolute atomic E-state index is 12.1. The standard InChI is InChI=1S/C19H30N4O3/c1-15(2)20-18(24)13-22(3)14-19(25)21-17-6-4-16(5-7-17)12-23-8-10-26-11-9-23/h4-7,15H,8-14H2,1-3H3,(H,20,24)(H,21,25)/p+2. The summed E-state index contributed by atoms with van der Waals surface area (Å²) in [4.78, 5) is 26.3. The average molecular weight is 364 g/mol. The number of benzene rings is 1. The van der Waals surface area contributed by atoms with Gasteiger partial charge in [0.2, 0.25) is 0 Å². The highest BCUT2D eigenvalue weighted by molar-refractivity contribution is 5.91. The molecule has 1 heterocycles. The van der Waals surface area contributed by atoms with Gasteiger partial charge in [-0.15, -0.1) is 0 Å². The van der Waals surface area contributed by atoms with Crippen molar-refractivity contribution in [3.63, 3.8) is 0 Å². The highest BCUT2D eigenvalue weighted by atomic mass is 16.5. The first-order chi connectivity index (χ1) is 12.4. The number of rotatable bonds is 8. The lowest BCUT2D eigenvalue weighted by molar-refractivity contribution is -0.921. The third-order valence-corrected chi connectivity index (χ3v) is 4.27. The number of amides is 2. The highest BCUT2D eigenvalue weighted by Gasteiger charge is 2.16. The molecule has 0 radical (unpaired) electrons. The predicted molar refractivity (Wildman–Crippen MR) is 100 cm³/mol. The van der Waals surface area contributed by atoms with Crippen LogP contribution in [0.4, 0.5) is 5.69 Å². The largest absolute Gasteiger partial charge is 0.370 e. The van der Waals surface area contributed by atoms with Gasteiger partial charge in [0.05, 0.1) is 20.3 Å². The second kappa shape index (κ2) is 10.3. The first-order valence-electron chi connectivity index (χ1n) is 9.33. The molecule has 1 atom stereocenters. The molecule has 7 nitrogen and oxygen atoms in total. The molecule has 1 saturated heterocycles. The van der Waals surface area contributed by atoms with E-state index in [0.717, 1.165) is 43.4 Å². The zero-order chi connectivity index (χ0) is 18.9. The van der Waals surface area contributed by atoms with Crippen molar-refractivity contribution in [2.75, 3.05) is 51.8 Å². The van der Waals surface area contributed by atoms with E-state index in [1.165, 1.54) is 10.5 Å². The Labute approximate surface area is 155 Å². The van der Waals surface area contributed by atoms with E-state index in [1.54, 1.807) is 0 Å². The molecule has 0 bridgehead atoms. The Bertz CT molecular complexity index is 583. The van der Waals surface area contributed by atoms with Crippen molar-refractivity contribution in [2.24, 2.45) is 0 Å². The quantitative estimate of drug-likeness (QED) is 0.434. The number of hydrogen-bond acceptors (Lipinski definition) is 3. The van der Waals surface area contributed by atoms with Gasteiger partial charge in [0, 0.05) is 17.3 Å². The van der Waals surface area contributed by atoms with E-state index in [9.17, 15) is 9.59 Å². The van der Waals surface area contributed by atoms with Crippen molar-refractivity contribution < 1.29 is 24.1 Å². The molecule has 0 aromatic heterocycles. The highest BCUT2D eigenvalue weighted by Crippen LogP contribution is 2.08. The fraction of sp³-hybridized carbons (Fsp3) is 0.579. The lowest BCUT2D eigenvalue weighted by atomic mass is 10.2. The van der Waals surface area contributed by atoms with Gasteiger partial charge < -0.3 is 25.2 Å². The van der Waals surface area contributed by atoms with Crippen LogP contribution in [0.1, 0.15) is 19.4 Å². The van der Waals surface area contributed by atoms with Gasteiger partial charge in [0.15, 0.2) is 13.1 Å². The molecule has 1 aliphatic heterocycles. The van der Waals surface area contributed by atoms with E-state index >= 15 is 0 Å². The summed E-state index contributed by atoms with van der Waals surface area (Å²) in [5, 5.41) is 5.73. The zero-order valence-electron chi connectivity index (χ0n) is 16.1. The van der Waals surface area contributed by atoms with E-state index in [-0.39, 0.29) is 30.9 Å². The fourth-order valence-corrected chi connectivity index (χ4v) is 3.02. The van der Waals surface area contributed by atoms with E-state index in [0.29, 0.717) is 0 Å². The van der Waals surface area contributed by atoms with Gasteiger partial charge in [-0.2, -0.15) is 0 Å². The Hall–Kier alpha value is -1.96. The number of anilines is 1. The molecule has 1 aliphatic rings. The van der Waals surface area contributed by atoms with Crippen LogP contribution in [0, 0.1) is 0 Å². The summed E-state index contributed by atoms with van der Waals surface area (Å²) in [7, 11) is 1.84. The van der Waals surface area contributed by atoms with Crippen LogP contribution >= 0.6 is 0 Å². The molecule has 2 amide bonds. The van der Waals surface area contributed by atoms with Gasteiger partial charge in [0.25, 0.3) is 11.8 Å². The van der Waals surface area contributed by atoms with Crippen molar-refractivity contribution in [1.82, 2.24) is 5.32 Å². The van der Waals surface area contributed by atoms with Gasteiger partial charge in [-0.1, -0.05) is 12.1 Å². The van der Waals surface area contributed by atoms with E-state index < -0.39 is 0 Å². The number of carbonyl (C=O) groups excluding carboxylic acids is 2. The lowest BCUT2D eigenvalue weighted by Crippen LogP contribution is -3.12. The maximum atomic E-state index is 12.1. The van der Waals surface area contributed by atoms with Crippen LogP contribution < -0.4 is 20.4 Å². The monoisotopic (exact) mass is 364 g/mol. The molecule has 1 fully saturated rings. The Morgan fingerprint density at radius 2 is 1.73 bits per heavy atom. The van der Waals surface area contributed by atoms with Crippen molar-refractivity contribution in [3.05, 3.63) is 29.8 Å². The second-order valence-electron chi connectivity index (χ2n) is 7.32. The van der Waals surface area contributed by atoms with Gasteiger partial charge >= 0.3 is 0 Å². The van der Waals surface area contributed by atoms with Crippen LogP contribution in [-0.4, -0.2) is 64.3 Å². The Morgan fingerprint density at radius 3 is 2.35 bits per heavy atom. The number of hydrogen-bond donors (Lipinski definition) is 4. The molecule has 144 valence electrons. The van der Waals surface area contributed by atoms with Crippen LogP contribution in [0.2, 0.25) is 0 Å². The maximum Gasteiger partial charge on any atom is 0.279 e. The molecule has 1 aromatic carbocycles. The predicted octanol–water partition coefficient (Wildman–Crippen LogP) is -1.92. The lowest BCUT2D eigenvalue weighted by Gasteiger charge is -2.23. The van der Waals surface area contributed by atoms with E-state index in [4.69, 9.17) is 4.74 Å². The Morgan fingerprint density at radius 1 is 1.12 bits per heavy atom. The number of likely N-dealkylation sites (N-methyl/N-ethyl adjacent to an activating group) is 1. The number of ether oxygens (including phenoxy) is 1. The van der Waals surface area contributed by atoms with Gasteiger partial charge in [-0.05, 0) is 26.0 Å². The molecule has 4 N–H and O–H groups in total. The minimum absolute atomic E-state index is 0.0414. The van der Waals surface area contributed by atoms with Crippen LogP contribution in [0.25, 0.3) is 0 Å². The second-order valence-corrected chi connectivity index (χ2v) is 7.32. The molecule has 0 spiro atoms. The zero-order valence-corrected chi connectivity index (χ0v) is 16.1. The molecule has 1 unspecified atom stereocenters. The van der Waals surface area contributed by atoms with Crippen molar-refractivity contribution in [1.29, 1.82) is 0 Å². The van der Waals surface area contributed by atoms with Crippen molar-refractivity contribution in [3.8, 4) is 0 Å². The van der Waals surface area contributed by atoms with Crippen LogP contribution in [0.15, 0.2) is 24.3 Å². The number of quaternary nitrogens is 2. The minimum atomic E-state index is -0.0913. The van der Waals surface area contributed by atoms with Crippen LogP contribution in [0.5, 0.6) is 0 Å². The third-order valence-electron chi connectivity index (χ3n) is 4.27. The molecule has 26 heavy (non-hydrogen) atoms.